The van der Waals surface area contributed by atoms with Crippen molar-refractivity contribution in [2.24, 2.45) is 0 Å². The van der Waals surface area contributed by atoms with E-state index in [9.17, 15) is 5.11 Å². The van der Waals surface area contributed by atoms with Gasteiger partial charge in [-0.25, -0.2) is 0 Å². The molecule has 0 saturated heterocycles. The van der Waals surface area contributed by atoms with Crippen molar-refractivity contribution in [1.29, 1.82) is 0 Å². The van der Waals surface area contributed by atoms with Gasteiger partial charge in [0.15, 0.2) is 0 Å². The summed E-state index contributed by atoms with van der Waals surface area (Å²) in [7, 11) is 0. The third kappa shape index (κ3) is 2.67. The predicted octanol–water partition coefficient (Wildman–Crippen LogP) is 5.30. The molecule has 0 fully saturated rings. The Bertz CT molecular complexity index is 785. The van der Waals surface area contributed by atoms with E-state index in [1.807, 2.05) is 66.9 Å². The van der Waals surface area contributed by atoms with E-state index in [-0.39, 0.29) is 0 Å². The van der Waals surface area contributed by atoms with E-state index in [0.717, 1.165) is 26.8 Å². The Kier molecular flexibility index (Phi) is 4.20. The Labute approximate surface area is 133 Å². The SMILES string of the molecule is CSc1ccccc1C(O)c1ccc(Cl)c2ccccc12. The van der Waals surface area contributed by atoms with Crippen molar-refractivity contribution in [3.8, 4) is 0 Å². The largest absolute Gasteiger partial charge is 0.384 e. The summed E-state index contributed by atoms with van der Waals surface area (Å²) in [5.41, 5.74) is 1.81. The monoisotopic (exact) mass is 314 g/mol. The molecule has 3 heteroatoms. The molecule has 0 radical (unpaired) electrons. The Morgan fingerprint density at radius 2 is 1.52 bits per heavy atom. The number of benzene rings is 3. The Morgan fingerprint density at radius 3 is 2.29 bits per heavy atom. The van der Waals surface area contributed by atoms with Crippen LogP contribution in [0.4, 0.5) is 0 Å². The number of fused-ring (bicyclic) bond motifs is 1. The molecule has 0 aliphatic rings. The second-order valence-corrected chi connectivity index (χ2v) is 6.08. The maximum absolute atomic E-state index is 10.8. The van der Waals surface area contributed by atoms with E-state index >= 15 is 0 Å². The van der Waals surface area contributed by atoms with Gasteiger partial charge in [0.05, 0.1) is 0 Å². The third-order valence-corrected chi connectivity index (χ3v) is 4.77. The molecule has 1 atom stereocenters. The van der Waals surface area contributed by atoms with Gasteiger partial charge in [0.25, 0.3) is 0 Å². The van der Waals surface area contributed by atoms with Gasteiger partial charge in [0.2, 0.25) is 0 Å². The van der Waals surface area contributed by atoms with E-state index in [1.165, 1.54) is 0 Å². The molecule has 1 unspecified atom stereocenters. The lowest BCUT2D eigenvalue weighted by Crippen LogP contribution is -2.02. The topological polar surface area (TPSA) is 20.2 Å². The van der Waals surface area contributed by atoms with Crippen LogP contribution in [0.25, 0.3) is 10.8 Å². The third-order valence-electron chi connectivity index (χ3n) is 3.63. The molecular weight excluding hydrogens is 300 g/mol. The van der Waals surface area contributed by atoms with Crippen LogP contribution in [0.5, 0.6) is 0 Å². The van der Waals surface area contributed by atoms with Crippen molar-refractivity contribution in [2.75, 3.05) is 6.26 Å². The zero-order valence-corrected chi connectivity index (χ0v) is 13.2. The summed E-state index contributed by atoms with van der Waals surface area (Å²) < 4.78 is 0. The zero-order valence-electron chi connectivity index (χ0n) is 11.6. The number of aliphatic hydroxyl groups is 1. The second kappa shape index (κ2) is 6.10. The van der Waals surface area contributed by atoms with Crippen LogP contribution in [-0.2, 0) is 0 Å². The van der Waals surface area contributed by atoms with Crippen molar-refractivity contribution in [2.45, 2.75) is 11.0 Å². The van der Waals surface area contributed by atoms with Gasteiger partial charge < -0.3 is 5.11 Å². The van der Waals surface area contributed by atoms with Crippen LogP contribution < -0.4 is 0 Å². The fourth-order valence-electron chi connectivity index (χ4n) is 2.58. The van der Waals surface area contributed by atoms with Gasteiger partial charge >= 0.3 is 0 Å². The molecule has 0 saturated carbocycles. The lowest BCUT2D eigenvalue weighted by molar-refractivity contribution is 0.219. The first-order chi connectivity index (χ1) is 10.2. The van der Waals surface area contributed by atoms with Crippen molar-refractivity contribution in [3.05, 3.63) is 76.8 Å². The van der Waals surface area contributed by atoms with E-state index in [0.29, 0.717) is 5.02 Å². The minimum atomic E-state index is -0.657. The van der Waals surface area contributed by atoms with Crippen molar-refractivity contribution in [1.82, 2.24) is 0 Å². The maximum Gasteiger partial charge on any atom is 0.106 e. The molecule has 3 aromatic carbocycles. The Hall–Kier alpha value is -1.48. The Balaban J connectivity index is 2.18. The van der Waals surface area contributed by atoms with Crippen LogP contribution in [0.3, 0.4) is 0 Å². The van der Waals surface area contributed by atoms with E-state index in [2.05, 4.69) is 0 Å². The van der Waals surface area contributed by atoms with Crippen molar-refractivity contribution in [3.63, 3.8) is 0 Å². The van der Waals surface area contributed by atoms with Crippen LogP contribution >= 0.6 is 23.4 Å². The fraction of sp³-hybridized carbons (Fsp3) is 0.111. The highest BCUT2D eigenvalue weighted by atomic mass is 35.5. The molecule has 0 aromatic heterocycles. The van der Waals surface area contributed by atoms with Gasteiger partial charge in [0, 0.05) is 15.3 Å². The first kappa shape index (κ1) is 14.5. The highest BCUT2D eigenvalue weighted by molar-refractivity contribution is 7.98. The van der Waals surface area contributed by atoms with Crippen molar-refractivity contribution < 1.29 is 5.11 Å². The lowest BCUT2D eigenvalue weighted by Gasteiger charge is -2.17. The van der Waals surface area contributed by atoms with Crippen LogP contribution in [0.15, 0.2) is 65.6 Å². The molecule has 0 bridgehead atoms. The summed E-state index contributed by atoms with van der Waals surface area (Å²) in [5, 5.41) is 13.5. The number of thioether (sulfide) groups is 1. The first-order valence-electron chi connectivity index (χ1n) is 6.70. The minimum Gasteiger partial charge on any atom is -0.384 e. The maximum atomic E-state index is 10.8. The molecule has 0 aliphatic heterocycles. The van der Waals surface area contributed by atoms with Gasteiger partial charge in [-0.2, -0.15) is 0 Å². The van der Waals surface area contributed by atoms with E-state index in [1.54, 1.807) is 11.8 Å². The standard InChI is InChI=1S/C18H15ClOS/c1-21-17-9-5-4-8-15(17)18(20)14-10-11-16(19)13-7-3-2-6-12(13)14/h2-11,18,20H,1H3. The number of aliphatic hydroxyl groups excluding tert-OH is 1. The predicted molar refractivity (Wildman–Crippen MR) is 91.2 cm³/mol. The van der Waals surface area contributed by atoms with Gasteiger partial charge in [0.1, 0.15) is 6.10 Å². The lowest BCUT2D eigenvalue weighted by atomic mass is 9.96. The zero-order chi connectivity index (χ0) is 14.8. The molecule has 0 heterocycles. The molecule has 0 aliphatic carbocycles. The molecular formula is C18H15ClOS. The molecule has 3 rings (SSSR count). The molecule has 0 spiro atoms. The molecule has 106 valence electrons. The average Bonchev–Trinajstić information content (AvgIpc) is 2.55. The van der Waals surface area contributed by atoms with Gasteiger partial charge in [-0.1, -0.05) is 60.1 Å². The Morgan fingerprint density at radius 1 is 0.857 bits per heavy atom. The quantitative estimate of drug-likeness (QED) is 0.662. The van der Waals surface area contributed by atoms with Crippen LogP contribution in [0.1, 0.15) is 17.2 Å². The van der Waals surface area contributed by atoms with Crippen LogP contribution in [0, 0.1) is 0 Å². The minimum absolute atomic E-state index is 0.657. The number of hydrogen-bond acceptors (Lipinski definition) is 2. The summed E-state index contributed by atoms with van der Waals surface area (Å²) in [6.45, 7) is 0. The summed E-state index contributed by atoms with van der Waals surface area (Å²) in [6, 6.07) is 19.6. The number of halogens is 1. The number of rotatable bonds is 3. The van der Waals surface area contributed by atoms with E-state index < -0.39 is 6.10 Å². The van der Waals surface area contributed by atoms with Gasteiger partial charge in [-0.05, 0) is 34.9 Å². The molecule has 1 N–H and O–H groups in total. The fourth-order valence-corrected chi connectivity index (χ4v) is 3.44. The molecule has 21 heavy (non-hydrogen) atoms. The molecule has 1 nitrogen and oxygen atoms in total. The van der Waals surface area contributed by atoms with Gasteiger partial charge in [-0.15, -0.1) is 11.8 Å². The number of hydrogen-bond donors (Lipinski definition) is 1. The van der Waals surface area contributed by atoms with Crippen molar-refractivity contribution >= 4 is 34.1 Å². The summed E-state index contributed by atoms with van der Waals surface area (Å²) >= 11 is 7.89. The highest BCUT2D eigenvalue weighted by Crippen LogP contribution is 2.35. The average molecular weight is 315 g/mol. The summed E-state index contributed by atoms with van der Waals surface area (Å²) in [6.07, 6.45) is 1.36. The van der Waals surface area contributed by atoms with E-state index in [4.69, 9.17) is 11.6 Å². The van der Waals surface area contributed by atoms with Gasteiger partial charge in [-0.3, -0.25) is 0 Å². The van der Waals surface area contributed by atoms with Crippen LogP contribution in [0.2, 0.25) is 5.02 Å². The first-order valence-corrected chi connectivity index (χ1v) is 8.30. The molecule has 0 amide bonds. The molecule has 3 aromatic rings. The highest BCUT2D eigenvalue weighted by Gasteiger charge is 2.17. The summed E-state index contributed by atoms with van der Waals surface area (Å²) in [4.78, 5) is 1.09. The smallest absolute Gasteiger partial charge is 0.106 e. The second-order valence-electron chi connectivity index (χ2n) is 4.83. The summed E-state index contributed by atoms with van der Waals surface area (Å²) in [5.74, 6) is 0. The normalized spacial score (nSPS) is 12.5. The van der Waals surface area contributed by atoms with Crippen LogP contribution in [-0.4, -0.2) is 11.4 Å².